The summed E-state index contributed by atoms with van der Waals surface area (Å²) < 4.78 is 1.11. The van der Waals surface area contributed by atoms with E-state index in [-0.39, 0.29) is 23.8 Å². The van der Waals surface area contributed by atoms with E-state index < -0.39 is 0 Å². The first kappa shape index (κ1) is 17.5. The summed E-state index contributed by atoms with van der Waals surface area (Å²) in [6.07, 6.45) is 3.08. The monoisotopic (exact) mass is 386 g/mol. The van der Waals surface area contributed by atoms with Crippen molar-refractivity contribution >= 4 is 39.1 Å². The van der Waals surface area contributed by atoms with Gasteiger partial charge in [0.1, 0.15) is 0 Å². The molecule has 0 saturated carbocycles. The standard InChI is InChI=1S/C16H23BrN2O2S/c1-3-12(4-2)19-10-11(9-15(19)20)16(21)18-8-7-13-5-6-14(17)22-13/h5-6,11-12H,3-4,7-10H2,1-2H3,(H,18,21). The molecule has 1 saturated heterocycles. The lowest BCUT2D eigenvalue weighted by Gasteiger charge is -2.26. The highest BCUT2D eigenvalue weighted by Crippen LogP contribution is 2.24. The van der Waals surface area contributed by atoms with Crippen molar-refractivity contribution in [3.8, 4) is 0 Å². The summed E-state index contributed by atoms with van der Waals surface area (Å²) in [6, 6.07) is 4.36. The van der Waals surface area contributed by atoms with E-state index in [9.17, 15) is 9.59 Å². The smallest absolute Gasteiger partial charge is 0.225 e. The molecule has 1 aliphatic rings. The van der Waals surface area contributed by atoms with Crippen molar-refractivity contribution in [2.45, 2.75) is 45.6 Å². The minimum Gasteiger partial charge on any atom is -0.355 e. The zero-order chi connectivity index (χ0) is 16.1. The molecule has 1 aromatic heterocycles. The molecule has 1 atom stereocenters. The predicted octanol–water partition coefficient (Wildman–Crippen LogP) is 3.21. The number of rotatable bonds is 7. The lowest BCUT2D eigenvalue weighted by Crippen LogP contribution is -2.38. The molecule has 2 heterocycles. The second kappa shape index (κ2) is 8.11. The third-order valence-electron chi connectivity index (χ3n) is 4.21. The Bertz CT molecular complexity index is 528. The third-order valence-corrected chi connectivity index (χ3v) is 5.90. The normalized spacial score (nSPS) is 18.3. The van der Waals surface area contributed by atoms with E-state index in [2.05, 4.69) is 41.2 Å². The van der Waals surface area contributed by atoms with Crippen LogP contribution in [0.2, 0.25) is 0 Å². The van der Waals surface area contributed by atoms with Crippen LogP contribution >= 0.6 is 27.3 Å². The Balaban J connectivity index is 1.79. The summed E-state index contributed by atoms with van der Waals surface area (Å²) in [5.74, 6) is -0.0587. The maximum Gasteiger partial charge on any atom is 0.225 e. The van der Waals surface area contributed by atoms with Gasteiger partial charge in [0.25, 0.3) is 0 Å². The average Bonchev–Trinajstić information content (AvgIpc) is 3.07. The van der Waals surface area contributed by atoms with Crippen LogP contribution < -0.4 is 5.32 Å². The zero-order valence-corrected chi connectivity index (χ0v) is 15.5. The van der Waals surface area contributed by atoms with Gasteiger partial charge in [-0.3, -0.25) is 9.59 Å². The number of carbonyl (C=O) groups excluding carboxylic acids is 2. The summed E-state index contributed by atoms with van der Waals surface area (Å²) in [4.78, 5) is 27.5. The Hall–Kier alpha value is -0.880. The van der Waals surface area contributed by atoms with Crippen molar-refractivity contribution in [2.75, 3.05) is 13.1 Å². The van der Waals surface area contributed by atoms with E-state index in [0.29, 0.717) is 19.5 Å². The van der Waals surface area contributed by atoms with Crippen molar-refractivity contribution < 1.29 is 9.59 Å². The molecule has 1 aliphatic heterocycles. The zero-order valence-electron chi connectivity index (χ0n) is 13.1. The van der Waals surface area contributed by atoms with E-state index >= 15 is 0 Å². The SMILES string of the molecule is CCC(CC)N1CC(C(=O)NCCc2ccc(Br)s2)CC1=O. The number of nitrogens with zero attached hydrogens (tertiary/aromatic N) is 1. The molecule has 122 valence electrons. The third kappa shape index (κ3) is 4.32. The highest BCUT2D eigenvalue weighted by atomic mass is 79.9. The first-order valence-electron chi connectivity index (χ1n) is 7.86. The molecule has 6 heteroatoms. The van der Waals surface area contributed by atoms with E-state index in [1.807, 2.05) is 11.0 Å². The van der Waals surface area contributed by atoms with Crippen LogP contribution in [-0.4, -0.2) is 35.8 Å². The molecular weight excluding hydrogens is 364 g/mol. The molecule has 0 aromatic carbocycles. The molecule has 1 unspecified atom stereocenters. The fourth-order valence-corrected chi connectivity index (χ4v) is 4.41. The van der Waals surface area contributed by atoms with Crippen molar-refractivity contribution in [1.82, 2.24) is 10.2 Å². The number of hydrogen-bond acceptors (Lipinski definition) is 3. The van der Waals surface area contributed by atoms with Crippen molar-refractivity contribution in [1.29, 1.82) is 0 Å². The summed E-state index contributed by atoms with van der Waals surface area (Å²) >= 11 is 5.12. The van der Waals surface area contributed by atoms with Gasteiger partial charge in [0.2, 0.25) is 11.8 Å². The molecule has 2 amide bonds. The molecule has 22 heavy (non-hydrogen) atoms. The van der Waals surface area contributed by atoms with Gasteiger partial charge >= 0.3 is 0 Å². The topological polar surface area (TPSA) is 49.4 Å². The van der Waals surface area contributed by atoms with Crippen LogP contribution in [0.5, 0.6) is 0 Å². The lowest BCUT2D eigenvalue weighted by molar-refractivity contribution is -0.130. The molecule has 1 fully saturated rings. The van der Waals surface area contributed by atoms with Gasteiger partial charge in [-0.25, -0.2) is 0 Å². The number of carbonyl (C=O) groups is 2. The van der Waals surface area contributed by atoms with Gasteiger partial charge < -0.3 is 10.2 Å². The highest BCUT2D eigenvalue weighted by Gasteiger charge is 2.36. The van der Waals surface area contributed by atoms with Gasteiger partial charge in [-0.05, 0) is 47.3 Å². The predicted molar refractivity (Wildman–Crippen MR) is 92.9 cm³/mol. The minimum atomic E-state index is -0.192. The van der Waals surface area contributed by atoms with Crippen LogP contribution in [0.15, 0.2) is 15.9 Å². The quantitative estimate of drug-likeness (QED) is 0.781. The number of thiophene rings is 1. The number of likely N-dealkylation sites (tertiary alicyclic amines) is 1. The second-order valence-corrected chi connectivity index (χ2v) is 8.21. The van der Waals surface area contributed by atoms with E-state index in [1.165, 1.54) is 4.88 Å². The Morgan fingerprint density at radius 1 is 1.45 bits per heavy atom. The lowest BCUT2D eigenvalue weighted by atomic mass is 10.1. The summed E-state index contributed by atoms with van der Waals surface area (Å²) in [6.45, 7) is 5.38. The maximum absolute atomic E-state index is 12.2. The van der Waals surface area contributed by atoms with Gasteiger partial charge in [0.15, 0.2) is 0 Å². The Morgan fingerprint density at radius 3 is 2.77 bits per heavy atom. The van der Waals surface area contributed by atoms with Gasteiger partial charge in [0.05, 0.1) is 9.70 Å². The van der Waals surface area contributed by atoms with E-state index in [1.54, 1.807) is 11.3 Å². The van der Waals surface area contributed by atoms with Gasteiger partial charge in [-0.2, -0.15) is 0 Å². The molecule has 0 aliphatic carbocycles. The van der Waals surface area contributed by atoms with Gasteiger partial charge in [-0.15, -0.1) is 11.3 Å². The number of halogens is 1. The van der Waals surface area contributed by atoms with Crippen molar-refractivity contribution in [2.24, 2.45) is 5.92 Å². The Morgan fingerprint density at radius 2 is 2.18 bits per heavy atom. The fraction of sp³-hybridized carbons (Fsp3) is 0.625. The molecular formula is C16H23BrN2O2S. The van der Waals surface area contributed by atoms with Gasteiger partial charge in [-0.1, -0.05) is 13.8 Å². The summed E-state index contributed by atoms with van der Waals surface area (Å²) in [5.41, 5.74) is 0. The van der Waals surface area contributed by atoms with Crippen LogP contribution in [0.3, 0.4) is 0 Å². The van der Waals surface area contributed by atoms with Crippen molar-refractivity contribution in [3.63, 3.8) is 0 Å². The molecule has 0 bridgehead atoms. The summed E-state index contributed by atoms with van der Waals surface area (Å²) in [7, 11) is 0. The largest absolute Gasteiger partial charge is 0.355 e. The van der Waals surface area contributed by atoms with E-state index in [0.717, 1.165) is 23.0 Å². The number of amides is 2. The maximum atomic E-state index is 12.2. The molecule has 0 radical (unpaired) electrons. The van der Waals surface area contributed by atoms with Crippen LogP contribution in [0.4, 0.5) is 0 Å². The number of nitrogens with one attached hydrogen (secondary N) is 1. The van der Waals surface area contributed by atoms with E-state index in [4.69, 9.17) is 0 Å². The molecule has 1 N–H and O–H groups in total. The molecule has 1 aromatic rings. The first-order valence-corrected chi connectivity index (χ1v) is 9.47. The van der Waals surface area contributed by atoms with Crippen LogP contribution in [0.1, 0.15) is 38.0 Å². The molecule has 4 nitrogen and oxygen atoms in total. The molecule has 2 rings (SSSR count). The summed E-state index contributed by atoms with van der Waals surface area (Å²) in [5, 5.41) is 2.97. The second-order valence-electron chi connectivity index (χ2n) is 5.66. The van der Waals surface area contributed by atoms with Crippen LogP contribution in [0, 0.1) is 5.92 Å². The minimum absolute atomic E-state index is 0.0115. The fourth-order valence-electron chi connectivity index (χ4n) is 2.93. The Kier molecular flexibility index (Phi) is 6.44. The van der Waals surface area contributed by atoms with Crippen LogP contribution in [-0.2, 0) is 16.0 Å². The first-order chi connectivity index (χ1) is 10.5. The number of hydrogen-bond donors (Lipinski definition) is 1. The van der Waals surface area contributed by atoms with Crippen LogP contribution in [0.25, 0.3) is 0 Å². The molecule has 0 spiro atoms. The van der Waals surface area contributed by atoms with Crippen molar-refractivity contribution in [3.05, 3.63) is 20.8 Å². The Labute approximate surface area is 144 Å². The highest BCUT2D eigenvalue weighted by molar-refractivity contribution is 9.11. The van der Waals surface area contributed by atoms with Gasteiger partial charge in [0, 0.05) is 30.4 Å². The average molecular weight is 387 g/mol.